The fourth-order valence-electron chi connectivity index (χ4n) is 3.13. The van der Waals surface area contributed by atoms with Crippen molar-refractivity contribution in [3.8, 4) is 5.75 Å². The third kappa shape index (κ3) is 4.73. The van der Waals surface area contributed by atoms with Crippen molar-refractivity contribution >= 4 is 35.0 Å². The molecular formula is C25H20N4O3. The number of hydrazone groups is 1. The Morgan fingerprint density at radius 2 is 1.59 bits per heavy atom. The summed E-state index contributed by atoms with van der Waals surface area (Å²) in [6, 6.07) is 22.8. The lowest BCUT2D eigenvalue weighted by molar-refractivity contribution is -0.117. The lowest BCUT2D eigenvalue weighted by Crippen LogP contribution is -2.32. The second-order valence-electron chi connectivity index (χ2n) is 6.93. The van der Waals surface area contributed by atoms with E-state index in [4.69, 9.17) is 0 Å². The van der Waals surface area contributed by atoms with E-state index >= 15 is 0 Å². The number of hydrogen-bond acceptors (Lipinski definition) is 4. The second-order valence-corrected chi connectivity index (χ2v) is 6.93. The minimum absolute atomic E-state index is 0.0194. The van der Waals surface area contributed by atoms with E-state index in [1.54, 1.807) is 54.7 Å². The molecule has 0 aliphatic rings. The molecule has 4 N–H and O–H groups in total. The van der Waals surface area contributed by atoms with Crippen LogP contribution in [0.2, 0.25) is 0 Å². The van der Waals surface area contributed by atoms with Crippen molar-refractivity contribution in [2.24, 2.45) is 5.10 Å². The summed E-state index contributed by atoms with van der Waals surface area (Å²) in [6.45, 7) is 0. The average Bonchev–Trinajstić information content (AvgIpc) is 3.23. The number of phenols is 1. The van der Waals surface area contributed by atoms with Crippen LogP contribution in [0.4, 0.5) is 0 Å². The van der Waals surface area contributed by atoms with Gasteiger partial charge in [0.25, 0.3) is 11.8 Å². The number of phenolic OH excluding ortho intramolecular Hbond substituents is 1. The van der Waals surface area contributed by atoms with E-state index in [9.17, 15) is 14.7 Å². The molecule has 3 aromatic carbocycles. The maximum atomic E-state index is 12.8. The first-order chi connectivity index (χ1) is 15.6. The third-order valence-electron chi connectivity index (χ3n) is 4.76. The Kier molecular flexibility index (Phi) is 6.08. The highest BCUT2D eigenvalue weighted by Crippen LogP contribution is 2.19. The van der Waals surface area contributed by atoms with Crippen molar-refractivity contribution in [1.29, 1.82) is 0 Å². The smallest absolute Gasteiger partial charge is 0.287 e. The van der Waals surface area contributed by atoms with Gasteiger partial charge in [-0.05, 0) is 30.3 Å². The zero-order valence-electron chi connectivity index (χ0n) is 16.9. The highest BCUT2D eigenvalue weighted by molar-refractivity contribution is 6.06. The van der Waals surface area contributed by atoms with E-state index in [-0.39, 0.29) is 11.4 Å². The molecule has 1 heterocycles. The molecule has 0 radical (unpaired) electrons. The molecule has 0 saturated carbocycles. The molecule has 0 aliphatic heterocycles. The molecule has 7 nitrogen and oxygen atoms in total. The number of carbonyl (C=O) groups excluding carboxylic acids is 2. The van der Waals surface area contributed by atoms with Gasteiger partial charge in [-0.15, -0.1) is 0 Å². The number of benzene rings is 3. The first-order valence-corrected chi connectivity index (χ1v) is 9.87. The third-order valence-corrected chi connectivity index (χ3v) is 4.76. The Morgan fingerprint density at radius 1 is 0.875 bits per heavy atom. The number of nitrogens with zero attached hydrogens (tertiary/aromatic N) is 1. The van der Waals surface area contributed by atoms with Gasteiger partial charge in [-0.2, -0.15) is 5.10 Å². The van der Waals surface area contributed by atoms with Crippen LogP contribution >= 0.6 is 0 Å². The van der Waals surface area contributed by atoms with E-state index in [0.717, 1.165) is 16.5 Å². The Morgan fingerprint density at radius 3 is 2.41 bits per heavy atom. The Labute approximate surface area is 184 Å². The molecule has 0 spiro atoms. The number of hydrogen-bond donors (Lipinski definition) is 4. The number of carbonyl (C=O) groups is 2. The number of nitrogens with one attached hydrogen (secondary N) is 3. The highest BCUT2D eigenvalue weighted by Gasteiger charge is 2.15. The fourth-order valence-corrected chi connectivity index (χ4v) is 3.13. The number of H-pyrrole nitrogens is 1. The zero-order valence-corrected chi connectivity index (χ0v) is 16.9. The molecule has 7 heteroatoms. The highest BCUT2D eigenvalue weighted by atomic mass is 16.3. The maximum absolute atomic E-state index is 12.8. The van der Waals surface area contributed by atoms with E-state index in [2.05, 4.69) is 20.8 Å². The molecule has 0 atom stereocenters. The summed E-state index contributed by atoms with van der Waals surface area (Å²) in [5.74, 6) is -1.11. The number of aromatic hydroxyl groups is 1. The van der Waals surface area contributed by atoms with Crippen LogP contribution in [-0.2, 0) is 4.79 Å². The molecule has 32 heavy (non-hydrogen) atoms. The molecular weight excluding hydrogens is 404 g/mol. The first-order valence-electron chi connectivity index (χ1n) is 9.87. The zero-order chi connectivity index (χ0) is 22.3. The quantitative estimate of drug-likeness (QED) is 0.215. The van der Waals surface area contributed by atoms with Crippen LogP contribution in [0.25, 0.3) is 17.0 Å². The topological polar surface area (TPSA) is 107 Å². The Hall–Kier alpha value is -4.65. The molecule has 0 saturated heterocycles. The van der Waals surface area contributed by atoms with Gasteiger partial charge in [0.15, 0.2) is 0 Å². The summed E-state index contributed by atoms with van der Waals surface area (Å²) in [5.41, 5.74) is 4.91. The van der Waals surface area contributed by atoms with Crippen molar-refractivity contribution < 1.29 is 14.7 Å². The summed E-state index contributed by atoms with van der Waals surface area (Å²) in [7, 11) is 0. The lowest BCUT2D eigenvalue weighted by Gasteiger charge is -2.09. The second kappa shape index (κ2) is 9.44. The van der Waals surface area contributed by atoms with Gasteiger partial charge in [-0.1, -0.05) is 54.6 Å². The molecule has 2 amide bonds. The number of rotatable bonds is 6. The largest absolute Gasteiger partial charge is 0.507 e. The Balaban J connectivity index is 1.56. The standard InChI is InChI=1S/C25H20N4O3/c30-23-13-7-4-10-18(23)14-22(28-24(31)17-8-2-1-3-9-17)25(32)29-27-16-19-15-26-21-12-6-5-11-20(19)21/h1-16,26,30H,(H,28,31)(H,29,32)/b22-14?,27-16+. The molecule has 0 unspecified atom stereocenters. The molecule has 0 fully saturated rings. The minimum atomic E-state index is -0.631. The summed E-state index contributed by atoms with van der Waals surface area (Å²) >= 11 is 0. The van der Waals surface area contributed by atoms with E-state index in [0.29, 0.717) is 11.1 Å². The number of fused-ring (bicyclic) bond motifs is 1. The van der Waals surface area contributed by atoms with E-state index < -0.39 is 11.8 Å². The fraction of sp³-hybridized carbons (Fsp3) is 0. The van der Waals surface area contributed by atoms with Crippen molar-refractivity contribution in [1.82, 2.24) is 15.7 Å². The van der Waals surface area contributed by atoms with Gasteiger partial charge < -0.3 is 15.4 Å². The minimum Gasteiger partial charge on any atom is -0.507 e. The monoisotopic (exact) mass is 424 g/mol. The summed E-state index contributed by atoms with van der Waals surface area (Å²) in [6.07, 6.45) is 4.70. The van der Waals surface area contributed by atoms with Gasteiger partial charge in [0.1, 0.15) is 11.4 Å². The van der Waals surface area contributed by atoms with E-state index in [1.165, 1.54) is 18.4 Å². The van der Waals surface area contributed by atoms with Crippen LogP contribution in [0.3, 0.4) is 0 Å². The van der Waals surface area contributed by atoms with Crippen molar-refractivity contribution in [3.05, 3.63) is 107 Å². The average molecular weight is 424 g/mol. The number of para-hydroxylation sites is 2. The number of aromatic amines is 1. The summed E-state index contributed by atoms with van der Waals surface area (Å²) in [4.78, 5) is 28.6. The van der Waals surface area contributed by atoms with Crippen LogP contribution in [0, 0.1) is 0 Å². The molecule has 0 aliphatic carbocycles. The summed E-state index contributed by atoms with van der Waals surface area (Å²) in [5, 5.41) is 17.7. The predicted molar refractivity (Wildman–Crippen MR) is 124 cm³/mol. The molecule has 1 aromatic heterocycles. The van der Waals surface area contributed by atoms with Crippen molar-refractivity contribution in [2.75, 3.05) is 0 Å². The van der Waals surface area contributed by atoms with Gasteiger partial charge in [0.2, 0.25) is 0 Å². The van der Waals surface area contributed by atoms with Gasteiger partial charge >= 0.3 is 0 Å². The van der Waals surface area contributed by atoms with Crippen molar-refractivity contribution in [3.63, 3.8) is 0 Å². The number of aromatic nitrogens is 1. The van der Waals surface area contributed by atoms with Crippen LogP contribution < -0.4 is 10.7 Å². The van der Waals surface area contributed by atoms with Crippen molar-refractivity contribution in [2.45, 2.75) is 0 Å². The van der Waals surface area contributed by atoms with Gasteiger partial charge in [0, 0.05) is 33.8 Å². The first kappa shape index (κ1) is 20.6. The lowest BCUT2D eigenvalue weighted by atomic mass is 10.1. The SMILES string of the molecule is O=C(N/N=C/c1c[nH]c2ccccc12)C(=Cc1ccccc1O)NC(=O)c1ccccc1. The van der Waals surface area contributed by atoms with E-state index in [1.807, 2.05) is 24.3 Å². The van der Waals surface area contributed by atoms with Gasteiger partial charge in [0.05, 0.1) is 6.21 Å². The van der Waals surface area contributed by atoms with Gasteiger partial charge in [-0.25, -0.2) is 5.43 Å². The molecule has 4 aromatic rings. The Bertz CT molecular complexity index is 1320. The molecule has 0 bridgehead atoms. The normalized spacial score (nSPS) is 11.6. The number of amides is 2. The molecule has 4 rings (SSSR count). The molecule has 158 valence electrons. The van der Waals surface area contributed by atoms with Crippen LogP contribution in [-0.4, -0.2) is 28.1 Å². The van der Waals surface area contributed by atoms with Crippen LogP contribution in [0.5, 0.6) is 5.75 Å². The predicted octanol–water partition coefficient (Wildman–Crippen LogP) is 3.79. The summed E-state index contributed by atoms with van der Waals surface area (Å²) < 4.78 is 0. The van der Waals surface area contributed by atoms with Crippen LogP contribution in [0.15, 0.2) is 95.9 Å². The van der Waals surface area contributed by atoms with Crippen LogP contribution in [0.1, 0.15) is 21.5 Å². The maximum Gasteiger partial charge on any atom is 0.287 e. The van der Waals surface area contributed by atoms with Gasteiger partial charge in [-0.3, -0.25) is 9.59 Å².